The molecule has 0 radical (unpaired) electrons. The van der Waals surface area contributed by atoms with Gasteiger partial charge >= 0.3 is 0 Å². The average molecular weight is 260 g/mol. The summed E-state index contributed by atoms with van der Waals surface area (Å²) in [4.78, 5) is 4.31. The van der Waals surface area contributed by atoms with E-state index in [2.05, 4.69) is 11.1 Å². The van der Waals surface area contributed by atoms with Crippen molar-refractivity contribution in [2.75, 3.05) is 0 Å². The minimum Gasteiger partial charge on any atom is -0.438 e. The number of hydrogen-bond donors (Lipinski definition) is 0. The van der Waals surface area contributed by atoms with E-state index in [1.54, 1.807) is 12.1 Å². The zero-order chi connectivity index (χ0) is 13.9. The van der Waals surface area contributed by atoms with Crippen molar-refractivity contribution >= 4 is 10.8 Å². The zero-order valence-corrected chi connectivity index (χ0v) is 11.0. The van der Waals surface area contributed by atoms with Gasteiger partial charge in [-0.3, -0.25) is 0 Å². The molecule has 0 fully saturated rings. The lowest BCUT2D eigenvalue weighted by Crippen LogP contribution is -1.92. The van der Waals surface area contributed by atoms with E-state index in [4.69, 9.17) is 10.00 Å². The minimum atomic E-state index is 0.443. The molecule has 0 spiro atoms. The summed E-state index contributed by atoms with van der Waals surface area (Å²) in [6.07, 6.45) is 0. The first-order valence-corrected chi connectivity index (χ1v) is 6.31. The third-order valence-corrected chi connectivity index (χ3v) is 3.02. The number of rotatable bonds is 2. The van der Waals surface area contributed by atoms with Crippen LogP contribution in [0, 0.1) is 18.3 Å². The number of nitriles is 1. The van der Waals surface area contributed by atoms with E-state index in [0.717, 1.165) is 22.2 Å². The maximum absolute atomic E-state index is 8.99. The molecule has 0 aliphatic carbocycles. The first kappa shape index (κ1) is 12.2. The Morgan fingerprint density at radius 1 is 1.05 bits per heavy atom. The standard InChI is InChI=1S/C17H12N2O/c1-12-9-13(11-18)10-17(19-12)20-16-8-4-6-14-5-2-3-7-15(14)16/h2-10H,1H3. The highest BCUT2D eigenvalue weighted by atomic mass is 16.5. The van der Waals surface area contributed by atoms with Crippen LogP contribution in [0.5, 0.6) is 11.6 Å². The summed E-state index contributed by atoms with van der Waals surface area (Å²) in [5.74, 6) is 1.18. The molecule has 0 atom stereocenters. The molecule has 0 saturated carbocycles. The van der Waals surface area contributed by atoms with Gasteiger partial charge in [0.05, 0.1) is 11.6 Å². The number of hydrogen-bond acceptors (Lipinski definition) is 3. The normalized spacial score (nSPS) is 10.2. The molecule has 3 nitrogen and oxygen atoms in total. The lowest BCUT2D eigenvalue weighted by atomic mass is 10.1. The summed E-state index contributed by atoms with van der Waals surface area (Å²) in [6.45, 7) is 1.84. The van der Waals surface area contributed by atoms with Gasteiger partial charge in [0.1, 0.15) is 5.75 Å². The number of ether oxygens (including phenoxy) is 1. The van der Waals surface area contributed by atoms with Gasteiger partial charge in [-0.1, -0.05) is 36.4 Å². The van der Waals surface area contributed by atoms with Crippen molar-refractivity contribution in [2.45, 2.75) is 6.92 Å². The molecular formula is C17H12N2O. The molecule has 0 unspecified atom stereocenters. The van der Waals surface area contributed by atoms with Crippen LogP contribution in [-0.2, 0) is 0 Å². The summed E-state index contributed by atoms with van der Waals surface area (Å²) in [6, 6.07) is 19.4. The van der Waals surface area contributed by atoms with E-state index < -0.39 is 0 Å². The number of benzene rings is 2. The molecule has 0 bridgehead atoms. The van der Waals surface area contributed by atoms with Gasteiger partial charge in [-0.25, -0.2) is 4.98 Å². The van der Waals surface area contributed by atoms with Gasteiger partial charge in [-0.15, -0.1) is 0 Å². The number of fused-ring (bicyclic) bond motifs is 1. The predicted octanol–water partition coefficient (Wildman–Crippen LogP) is 4.21. The Labute approximate surface area is 117 Å². The summed E-state index contributed by atoms with van der Waals surface area (Å²) in [5, 5.41) is 11.1. The Bertz CT molecular complexity index is 813. The van der Waals surface area contributed by atoms with E-state index in [1.165, 1.54) is 0 Å². The quantitative estimate of drug-likeness (QED) is 0.693. The first-order valence-electron chi connectivity index (χ1n) is 6.31. The lowest BCUT2D eigenvalue weighted by Gasteiger charge is -2.09. The molecular weight excluding hydrogens is 248 g/mol. The van der Waals surface area contributed by atoms with Crippen LogP contribution in [0.4, 0.5) is 0 Å². The topological polar surface area (TPSA) is 45.9 Å². The highest BCUT2D eigenvalue weighted by molar-refractivity contribution is 5.88. The van der Waals surface area contributed by atoms with Crippen LogP contribution >= 0.6 is 0 Å². The first-order chi connectivity index (χ1) is 9.76. The average Bonchev–Trinajstić information content (AvgIpc) is 2.47. The fourth-order valence-electron chi connectivity index (χ4n) is 2.15. The van der Waals surface area contributed by atoms with Gasteiger partial charge in [0.15, 0.2) is 0 Å². The molecule has 0 saturated heterocycles. The Morgan fingerprint density at radius 3 is 2.70 bits per heavy atom. The van der Waals surface area contributed by atoms with E-state index in [1.807, 2.05) is 49.4 Å². The zero-order valence-electron chi connectivity index (χ0n) is 11.0. The third-order valence-electron chi connectivity index (χ3n) is 3.02. The van der Waals surface area contributed by atoms with Crippen LogP contribution in [-0.4, -0.2) is 4.98 Å². The molecule has 3 rings (SSSR count). The van der Waals surface area contributed by atoms with E-state index in [0.29, 0.717) is 11.4 Å². The SMILES string of the molecule is Cc1cc(C#N)cc(Oc2cccc3ccccc23)n1. The number of aromatic nitrogens is 1. The van der Waals surface area contributed by atoms with Gasteiger partial charge in [-0.2, -0.15) is 5.26 Å². The molecule has 3 aromatic rings. The van der Waals surface area contributed by atoms with E-state index in [-0.39, 0.29) is 0 Å². The van der Waals surface area contributed by atoms with Crippen LogP contribution in [0.1, 0.15) is 11.3 Å². The van der Waals surface area contributed by atoms with E-state index in [9.17, 15) is 0 Å². The second-order valence-electron chi connectivity index (χ2n) is 4.53. The van der Waals surface area contributed by atoms with Crippen molar-refractivity contribution in [3.63, 3.8) is 0 Å². The Hall–Kier alpha value is -2.86. The molecule has 0 N–H and O–H groups in total. The second kappa shape index (κ2) is 5.02. The van der Waals surface area contributed by atoms with Gasteiger partial charge in [0, 0.05) is 17.1 Å². The fraction of sp³-hybridized carbons (Fsp3) is 0.0588. The van der Waals surface area contributed by atoms with Gasteiger partial charge in [0.25, 0.3) is 0 Å². The highest BCUT2D eigenvalue weighted by Gasteiger charge is 2.05. The van der Waals surface area contributed by atoms with Crippen molar-refractivity contribution in [3.05, 3.63) is 65.9 Å². The van der Waals surface area contributed by atoms with Crippen LogP contribution in [0.25, 0.3) is 10.8 Å². The monoisotopic (exact) mass is 260 g/mol. The Kier molecular flexibility index (Phi) is 3.06. The van der Waals surface area contributed by atoms with E-state index >= 15 is 0 Å². The largest absolute Gasteiger partial charge is 0.438 e. The highest BCUT2D eigenvalue weighted by Crippen LogP contribution is 2.29. The molecule has 1 heterocycles. The van der Waals surface area contributed by atoms with Crippen LogP contribution < -0.4 is 4.74 Å². The number of nitrogens with zero attached hydrogens (tertiary/aromatic N) is 2. The maximum atomic E-state index is 8.99. The maximum Gasteiger partial charge on any atom is 0.220 e. The molecule has 0 aliphatic heterocycles. The van der Waals surface area contributed by atoms with Crippen molar-refractivity contribution in [3.8, 4) is 17.7 Å². The fourth-order valence-corrected chi connectivity index (χ4v) is 2.15. The van der Waals surface area contributed by atoms with Gasteiger partial charge in [-0.05, 0) is 24.4 Å². The predicted molar refractivity (Wildman–Crippen MR) is 77.7 cm³/mol. The molecule has 3 heteroatoms. The summed E-state index contributed by atoms with van der Waals surface area (Å²) in [5.41, 5.74) is 1.31. The van der Waals surface area contributed by atoms with Gasteiger partial charge in [0.2, 0.25) is 5.88 Å². The minimum absolute atomic E-state index is 0.443. The molecule has 1 aromatic heterocycles. The van der Waals surface area contributed by atoms with Crippen molar-refractivity contribution in [1.29, 1.82) is 5.26 Å². The molecule has 96 valence electrons. The smallest absolute Gasteiger partial charge is 0.220 e. The molecule has 2 aromatic carbocycles. The van der Waals surface area contributed by atoms with Crippen LogP contribution in [0.2, 0.25) is 0 Å². The molecule has 0 aliphatic rings. The third kappa shape index (κ3) is 2.32. The second-order valence-corrected chi connectivity index (χ2v) is 4.53. The summed E-state index contributed by atoms with van der Waals surface area (Å²) in [7, 11) is 0. The van der Waals surface area contributed by atoms with Crippen LogP contribution in [0.3, 0.4) is 0 Å². The number of pyridine rings is 1. The van der Waals surface area contributed by atoms with Gasteiger partial charge < -0.3 is 4.74 Å². The Morgan fingerprint density at radius 2 is 1.85 bits per heavy atom. The Balaban J connectivity index is 2.06. The summed E-state index contributed by atoms with van der Waals surface area (Å²) < 4.78 is 5.85. The lowest BCUT2D eigenvalue weighted by molar-refractivity contribution is 0.467. The molecule has 0 amide bonds. The molecule has 20 heavy (non-hydrogen) atoms. The van der Waals surface area contributed by atoms with Crippen LogP contribution in [0.15, 0.2) is 54.6 Å². The van der Waals surface area contributed by atoms with Crippen molar-refractivity contribution < 1.29 is 4.74 Å². The summed E-state index contributed by atoms with van der Waals surface area (Å²) >= 11 is 0. The number of aryl methyl sites for hydroxylation is 1. The van der Waals surface area contributed by atoms with Crippen molar-refractivity contribution in [2.24, 2.45) is 0 Å². The van der Waals surface area contributed by atoms with Crippen molar-refractivity contribution in [1.82, 2.24) is 4.98 Å².